The molecule has 3 rings (SSSR count). The van der Waals surface area contributed by atoms with Crippen LogP contribution in [0.5, 0.6) is 11.5 Å². The van der Waals surface area contributed by atoms with Gasteiger partial charge in [-0.1, -0.05) is 18.2 Å². The second kappa shape index (κ2) is 9.08. The number of nitrogens with zero attached hydrogens (tertiary/aromatic N) is 1. The van der Waals surface area contributed by atoms with E-state index in [0.29, 0.717) is 30.4 Å². The zero-order valence-electron chi connectivity index (χ0n) is 16.2. The quantitative estimate of drug-likeness (QED) is 0.544. The zero-order valence-corrected chi connectivity index (χ0v) is 16.2. The second-order valence-corrected chi connectivity index (χ2v) is 6.24. The molecule has 0 aliphatic heterocycles. The first-order valence-electron chi connectivity index (χ1n) is 9.06. The first-order valence-corrected chi connectivity index (χ1v) is 9.06. The van der Waals surface area contributed by atoms with Crippen LogP contribution in [0.4, 0.5) is 0 Å². The van der Waals surface area contributed by atoms with Gasteiger partial charge in [0.2, 0.25) is 5.89 Å². The smallest absolute Gasteiger partial charge is 0.346 e. The van der Waals surface area contributed by atoms with Crippen molar-refractivity contribution in [1.29, 1.82) is 0 Å². The minimum atomic E-state index is -0.661. The van der Waals surface area contributed by atoms with Crippen LogP contribution in [0.3, 0.4) is 0 Å². The Hall–Kier alpha value is -3.28. The summed E-state index contributed by atoms with van der Waals surface area (Å²) in [5.74, 6) is 2.28. The Kier molecular flexibility index (Phi) is 6.32. The minimum Gasteiger partial charge on any atom is -0.493 e. The maximum Gasteiger partial charge on any atom is 0.346 e. The van der Waals surface area contributed by atoms with Crippen LogP contribution in [0, 0.1) is 6.92 Å². The molecule has 1 heterocycles. The lowest BCUT2D eigenvalue weighted by atomic mass is 10.2. The molecule has 0 amide bonds. The first-order chi connectivity index (χ1) is 13.6. The van der Waals surface area contributed by atoms with E-state index in [-0.39, 0.29) is 0 Å². The number of aryl methyl sites for hydroxylation is 1. The van der Waals surface area contributed by atoms with Crippen molar-refractivity contribution in [2.75, 3.05) is 13.7 Å². The molecule has 1 aromatic heterocycles. The predicted molar refractivity (Wildman–Crippen MR) is 104 cm³/mol. The number of aromatic nitrogens is 1. The van der Waals surface area contributed by atoms with E-state index < -0.39 is 12.1 Å². The van der Waals surface area contributed by atoms with Crippen molar-refractivity contribution < 1.29 is 23.4 Å². The number of rotatable bonds is 8. The fourth-order valence-corrected chi connectivity index (χ4v) is 2.66. The predicted octanol–water partition coefficient (Wildman–Crippen LogP) is 4.21. The molecule has 146 valence electrons. The highest BCUT2D eigenvalue weighted by Gasteiger charge is 2.15. The van der Waals surface area contributed by atoms with Crippen molar-refractivity contribution in [1.82, 2.24) is 4.98 Å². The highest BCUT2D eigenvalue weighted by molar-refractivity contribution is 5.74. The molecule has 0 N–H and O–H groups in total. The lowest BCUT2D eigenvalue weighted by molar-refractivity contribution is -0.147. The van der Waals surface area contributed by atoms with Crippen LogP contribution in [-0.4, -0.2) is 30.8 Å². The molecular formula is C22H23NO5. The van der Waals surface area contributed by atoms with Crippen molar-refractivity contribution in [2.24, 2.45) is 0 Å². The number of hydrogen-bond donors (Lipinski definition) is 0. The Morgan fingerprint density at radius 2 is 1.75 bits per heavy atom. The Morgan fingerprint density at radius 1 is 1.07 bits per heavy atom. The van der Waals surface area contributed by atoms with Crippen LogP contribution in [0.15, 0.2) is 59.0 Å². The highest BCUT2D eigenvalue weighted by atomic mass is 16.6. The van der Waals surface area contributed by atoms with Gasteiger partial charge in [-0.05, 0) is 50.2 Å². The molecule has 0 aliphatic carbocycles. The van der Waals surface area contributed by atoms with E-state index in [4.69, 9.17) is 13.9 Å². The van der Waals surface area contributed by atoms with E-state index in [1.54, 1.807) is 31.2 Å². The summed E-state index contributed by atoms with van der Waals surface area (Å²) >= 11 is 0. The van der Waals surface area contributed by atoms with Gasteiger partial charge in [0.1, 0.15) is 17.3 Å². The van der Waals surface area contributed by atoms with Gasteiger partial charge >= 0.3 is 5.97 Å². The van der Waals surface area contributed by atoms with Crippen LogP contribution in [0.1, 0.15) is 18.4 Å². The van der Waals surface area contributed by atoms with Crippen molar-refractivity contribution in [3.05, 3.63) is 66.1 Å². The minimum absolute atomic E-state index is 0.418. The van der Waals surface area contributed by atoms with Crippen molar-refractivity contribution in [3.63, 3.8) is 0 Å². The lowest BCUT2D eigenvalue weighted by Gasteiger charge is -2.12. The Bertz CT molecular complexity index is 902. The van der Waals surface area contributed by atoms with Gasteiger partial charge in [-0.3, -0.25) is 0 Å². The zero-order chi connectivity index (χ0) is 19.9. The van der Waals surface area contributed by atoms with E-state index in [2.05, 4.69) is 9.72 Å². The number of esters is 1. The maximum atomic E-state index is 11.4. The number of ether oxygens (including phenoxy) is 3. The molecule has 0 saturated carbocycles. The Labute approximate surface area is 164 Å². The van der Waals surface area contributed by atoms with E-state index in [9.17, 15) is 4.79 Å². The largest absolute Gasteiger partial charge is 0.493 e. The number of carbonyl (C=O) groups excluding carboxylic acids is 1. The van der Waals surface area contributed by atoms with Gasteiger partial charge < -0.3 is 18.6 Å². The summed E-state index contributed by atoms with van der Waals surface area (Å²) in [6, 6.07) is 16.9. The summed E-state index contributed by atoms with van der Waals surface area (Å²) in [5.41, 5.74) is 1.83. The van der Waals surface area contributed by atoms with Crippen molar-refractivity contribution in [3.8, 4) is 23.0 Å². The van der Waals surface area contributed by atoms with Crippen molar-refractivity contribution >= 4 is 5.97 Å². The normalized spacial score (nSPS) is 11.7. The number of methoxy groups -OCH3 is 1. The monoisotopic (exact) mass is 381 g/mol. The summed E-state index contributed by atoms with van der Waals surface area (Å²) in [7, 11) is 1.33. The highest BCUT2D eigenvalue weighted by Crippen LogP contribution is 2.22. The second-order valence-electron chi connectivity index (χ2n) is 6.24. The van der Waals surface area contributed by atoms with E-state index >= 15 is 0 Å². The van der Waals surface area contributed by atoms with Crippen LogP contribution < -0.4 is 9.47 Å². The van der Waals surface area contributed by atoms with Gasteiger partial charge in [-0.15, -0.1) is 0 Å². The molecule has 0 spiro atoms. The van der Waals surface area contributed by atoms with Gasteiger partial charge in [0.25, 0.3) is 0 Å². The van der Waals surface area contributed by atoms with Gasteiger partial charge in [-0.25, -0.2) is 9.78 Å². The number of benzene rings is 2. The average molecular weight is 381 g/mol. The van der Waals surface area contributed by atoms with E-state index in [1.165, 1.54) is 7.11 Å². The molecule has 6 nitrogen and oxygen atoms in total. The maximum absolute atomic E-state index is 11.4. The third-order valence-electron chi connectivity index (χ3n) is 4.19. The number of oxazole rings is 1. The third kappa shape index (κ3) is 4.91. The molecule has 0 bridgehead atoms. The van der Waals surface area contributed by atoms with Gasteiger partial charge in [0, 0.05) is 12.0 Å². The summed E-state index contributed by atoms with van der Waals surface area (Å²) in [6.07, 6.45) is -0.0227. The summed E-state index contributed by atoms with van der Waals surface area (Å²) in [5, 5.41) is 0. The summed E-state index contributed by atoms with van der Waals surface area (Å²) in [6.45, 7) is 4.02. The third-order valence-corrected chi connectivity index (χ3v) is 4.19. The molecular weight excluding hydrogens is 358 g/mol. The van der Waals surface area contributed by atoms with Crippen molar-refractivity contribution in [2.45, 2.75) is 26.4 Å². The first kappa shape index (κ1) is 19.5. The topological polar surface area (TPSA) is 70.8 Å². The fraction of sp³-hybridized carbons (Fsp3) is 0.273. The van der Waals surface area contributed by atoms with Crippen LogP contribution in [-0.2, 0) is 16.0 Å². The molecule has 6 heteroatoms. The molecule has 1 atom stereocenters. The van der Waals surface area contributed by atoms with Crippen LogP contribution in [0.25, 0.3) is 11.5 Å². The molecule has 1 unspecified atom stereocenters. The number of hydrogen-bond acceptors (Lipinski definition) is 6. The standard InChI is InChI=1S/C22H23NO5/c1-15-20(23-21(28-15)17-7-5-4-6-8-17)13-14-26-18-9-11-19(12-10-18)27-16(2)22(24)25-3/h4-12,16H,13-14H2,1-3H3. The molecule has 3 aromatic rings. The Morgan fingerprint density at radius 3 is 2.43 bits per heavy atom. The molecule has 2 aromatic carbocycles. The molecule has 0 aliphatic rings. The molecule has 28 heavy (non-hydrogen) atoms. The average Bonchev–Trinajstić information content (AvgIpc) is 3.10. The van der Waals surface area contributed by atoms with Gasteiger partial charge in [0.15, 0.2) is 6.10 Å². The van der Waals surface area contributed by atoms with Gasteiger partial charge in [0.05, 0.1) is 19.4 Å². The summed E-state index contributed by atoms with van der Waals surface area (Å²) < 4.78 is 21.7. The van der Waals surface area contributed by atoms with Crippen LogP contribution in [0.2, 0.25) is 0 Å². The van der Waals surface area contributed by atoms with E-state index in [0.717, 1.165) is 17.0 Å². The summed E-state index contributed by atoms with van der Waals surface area (Å²) in [4.78, 5) is 16.0. The fourth-order valence-electron chi connectivity index (χ4n) is 2.66. The van der Waals surface area contributed by atoms with E-state index in [1.807, 2.05) is 37.3 Å². The van der Waals surface area contributed by atoms with Crippen LogP contribution >= 0.6 is 0 Å². The SMILES string of the molecule is COC(=O)C(C)Oc1ccc(OCCc2nc(-c3ccccc3)oc2C)cc1. The number of carbonyl (C=O) groups is 1. The molecule has 0 fully saturated rings. The molecule has 0 radical (unpaired) electrons. The lowest BCUT2D eigenvalue weighted by Crippen LogP contribution is -2.24. The molecule has 0 saturated heterocycles. The Balaban J connectivity index is 1.53. The van der Waals surface area contributed by atoms with Gasteiger partial charge in [-0.2, -0.15) is 0 Å².